The lowest BCUT2D eigenvalue weighted by atomic mass is 9.62. The van der Waals surface area contributed by atoms with E-state index in [0.717, 1.165) is 6.42 Å². The monoisotopic (exact) mass is 424 g/mol. The van der Waals surface area contributed by atoms with E-state index >= 15 is 0 Å². The minimum atomic E-state index is -1.41. The van der Waals surface area contributed by atoms with Crippen LogP contribution in [0.25, 0.3) is 0 Å². The van der Waals surface area contributed by atoms with Gasteiger partial charge < -0.3 is 45.6 Å². The molecule has 1 saturated heterocycles. The Morgan fingerprint density at radius 2 is 0.897 bits per heavy atom. The predicted molar refractivity (Wildman–Crippen MR) is 104 cm³/mol. The van der Waals surface area contributed by atoms with Crippen LogP contribution in [-0.2, 0) is 4.74 Å². The van der Waals surface area contributed by atoms with E-state index in [-0.39, 0.29) is 31.1 Å². The van der Waals surface area contributed by atoms with Crippen LogP contribution >= 0.6 is 0 Å². The molecule has 9 nitrogen and oxygen atoms in total. The smallest absolute Gasteiger partial charge is 0.151 e. The summed E-state index contributed by atoms with van der Waals surface area (Å²) in [5, 5.41) is 73.9. The Morgan fingerprint density at radius 1 is 0.552 bits per heavy atom. The molecular formula is C20H40O9. The predicted octanol–water partition coefficient (Wildman–Crippen LogP) is 0.0559. The molecule has 0 unspecified atom stereocenters. The molecule has 1 aliphatic rings. The SMILES string of the molecule is OC(O)CCCC1(CCCC(O)O)CCOC1(CCCC(O)O)CCCC(O)O. The van der Waals surface area contributed by atoms with Crippen LogP contribution in [0.1, 0.15) is 83.5 Å². The summed E-state index contributed by atoms with van der Waals surface area (Å²) in [5.41, 5.74) is -0.949. The molecule has 0 saturated carbocycles. The van der Waals surface area contributed by atoms with Gasteiger partial charge in [0.05, 0.1) is 5.60 Å². The first-order valence-corrected chi connectivity index (χ1v) is 10.7. The van der Waals surface area contributed by atoms with Crippen LogP contribution in [0.2, 0.25) is 0 Å². The van der Waals surface area contributed by atoms with E-state index in [2.05, 4.69) is 0 Å². The molecule has 0 atom stereocenters. The van der Waals surface area contributed by atoms with Crippen molar-refractivity contribution in [3.63, 3.8) is 0 Å². The first-order valence-electron chi connectivity index (χ1n) is 10.7. The summed E-state index contributed by atoms with van der Waals surface area (Å²) in [6.45, 7) is 0.507. The highest BCUT2D eigenvalue weighted by Gasteiger charge is 2.54. The van der Waals surface area contributed by atoms with Crippen LogP contribution in [0.4, 0.5) is 0 Å². The standard InChI is InChI=1S/C20H40O9/c21-15(22)5-1-9-19(10-2-6-16(23)24)13-14-29-20(19,11-3-7-17(25)26)12-4-8-18(27)28/h15-18,21-28H,1-14H2. The van der Waals surface area contributed by atoms with Crippen molar-refractivity contribution in [1.29, 1.82) is 0 Å². The molecular weight excluding hydrogens is 384 g/mol. The second-order valence-corrected chi connectivity index (χ2v) is 8.36. The molecule has 0 amide bonds. The Morgan fingerprint density at radius 3 is 1.24 bits per heavy atom. The number of ether oxygens (including phenoxy) is 1. The Kier molecular flexibility index (Phi) is 12.1. The zero-order valence-corrected chi connectivity index (χ0v) is 17.2. The third-order valence-corrected chi connectivity index (χ3v) is 6.25. The molecule has 0 spiro atoms. The maximum atomic E-state index is 9.24. The molecule has 1 heterocycles. The second kappa shape index (κ2) is 13.1. The average molecular weight is 425 g/mol. The molecule has 0 aliphatic carbocycles. The van der Waals surface area contributed by atoms with Gasteiger partial charge in [0.15, 0.2) is 25.2 Å². The minimum Gasteiger partial charge on any atom is -0.374 e. The first-order chi connectivity index (χ1) is 13.6. The van der Waals surface area contributed by atoms with Crippen LogP contribution in [0, 0.1) is 5.41 Å². The van der Waals surface area contributed by atoms with Crippen molar-refractivity contribution >= 4 is 0 Å². The zero-order valence-electron chi connectivity index (χ0n) is 17.2. The molecule has 1 rings (SSSR count). The van der Waals surface area contributed by atoms with Crippen molar-refractivity contribution in [3.05, 3.63) is 0 Å². The van der Waals surface area contributed by atoms with E-state index in [9.17, 15) is 40.9 Å². The van der Waals surface area contributed by atoms with E-state index in [0.29, 0.717) is 58.0 Å². The summed E-state index contributed by atoms with van der Waals surface area (Å²) in [7, 11) is 0. The summed E-state index contributed by atoms with van der Waals surface area (Å²) in [4.78, 5) is 0. The third-order valence-electron chi connectivity index (χ3n) is 6.25. The van der Waals surface area contributed by atoms with Gasteiger partial charge in [0.1, 0.15) is 0 Å². The first kappa shape index (κ1) is 26.7. The minimum absolute atomic E-state index is 0.203. The molecule has 1 aliphatic heterocycles. The van der Waals surface area contributed by atoms with Gasteiger partial charge in [0.2, 0.25) is 0 Å². The van der Waals surface area contributed by atoms with E-state index in [1.54, 1.807) is 0 Å². The zero-order chi connectivity index (χ0) is 21.9. The van der Waals surface area contributed by atoms with Crippen LogP contribution in [0.15, 0.2) is 0 Å². The molecule has 0 aromatic rings. The van der Waals surface area contributed by atoms with Gasteiger partial charge in [0.25, 0.3) is 0 Å². The van der Waals surface area contributed by atoms with Gasteiger partial charge in [-0.2, -0.15) is 0 Å². The molecule has 1 fully saturated rings. The largest absolute Gasteiger partial charge is 0.374 e. The lowest BCUT2D eigenvalue weighted by Crippen LogP contribution is -2.46. The van der Waals surface area contributed by atoms with Gasteiger partial charge in [-0.25, -0.2) is 0 Å². The maximum absolute atomic E-state index is 9.24. The van der Waals surface area contributed by atoms with Gasteiger partial charge in [-0.1, -0.05) is 0 Å². The third kappa shape index (κ3) is 9.12. The van der Waals surface area contributed by atoms with E-state index in [1.165, 1.54) is 0 Å². The molecule has 29 heavy (non-hydrogen) atoms. The van der Waals surface area contributed by atoms with E-state index in [1.807, 2.05) is 0 Å². The van der Waals surface area contributed by atoms with Crippen LogP contribution in [0.5, 0.6) is 0 Å². The Bertz CT molecular complexity index is 360. The van der Waals surface area contributed by atoms with Crippen LogP contribution in [0.3, 0.4) is 0 Å². The molecule has 0 bridgehead atoms. The Hall–Kier alpha value is -0.360. The lowest BCUT2D eigenvalue weighted by Gasteiger charge is -2.46. The highest BCUT2D eigenvalue weighted by molar-refractivity contribution is 5.04. The van der Waals surface area contributed by atoms with E-state index in [4.69, 9.17) is 4.74 Å². The van der Waals surface area contributed by atoms with Crippen molar-refractivity contribution in [2.45, 2.75) is 114 Å². The highest BCUT2D eigenvalue weighted by Crippen LogP contribution is 2.55. The van der Waals surface area contributed by atoms with Gasteiger partial charge >= 0.3 is 0 Å². The summed E-state index contributed by atoms with van der Waals surface area (Å²) in [6.07, 6.45) is 0.625. The van der Waals surface area contributed by atoms with Crippen molar-refractivity contribution in [1.82, 2.24) is 0 Å². The molecule has 0 radical (unpaired) electrons. The maximum Gasteiger partial charge on any atom is 0.151 e. The van der Waals surface area contributed by atoms with Gasteiger partial charge in [-0.3, -0.25) is 0 Å². The molecule has 0 aromatic carbocycles. The van der Waals surface area contributed by atoms with Crippen molar-refractivity contribution in [2.75, 3.05) is 6.61 Å². The summed E-state index contributed by atoms with van der Waals surface area (Å²) < 4.78 is 6.26. The van der Waals surface area contributed by atoms with Gasteiger partial charge in [0, 0.05) is 12.0 Å². The number of hydrogen-bond donors (Lipinski definition) is 8. The molecule has 0 aromatic heterocycles. The lowest BCUT2D eigenvalue weighted by molar-refractivity contribution is -0.107. The fourth-order valence-corrected chi connectivity index (χ4v) is 4.84. The molecule has 8 N–H and O–H groups in total. The number of hydrogen-bond acceptors (Lipinski definition) is 9. The van der Waals surface area contributed by atoms with Crippen molar-refractivity contribution in [3.8, 4) is 0 Å². The topological polar surface area (TPSA) is 171 Å². The van der Waals surface area contributed by atoms with Crippen LogP contribution in [-0.4, -0.2) is 78.2 Å². The summed E-state index contributed by atoms with van der Waals surface area (Å²) in [6, 6.07) is 0. The normalized spacial score (nSPS) is 18.6. The number of aliphatic hydroxyl groups excluding tert-OH is 4. The highest BCUT2D eigenvalue weighted by atomic mass is 16.5. The molecule has 9 heteroatoms. The molecule has 174 valence electrons. The second-order valence-electron chi connectivity index (χ2n) is 8.36. The number of rotatable bonds is 16. The van der Waals surface area contributed by atoms with E-state index < -0.39 is 30.8 Å². The fourth-order valence-electron chi connectivity index (χ4n) is 4.84. The summed E-state index contributed by atoms with van der Waals surface area (Å²) in [5.74, 6) is 0. The Balaban J connectivity index is 3.01. The quantitative estimate of drug-likeness (QED) is 0.159. The van der Waals surface area contributed by atoms with Gasteiger partial charge in [-0.05, 0) is 83.5 Å². The van der Waals surface area contributed by atoms with Gasteiger partial charge in [-0.15, -0.1) is 0 Å². The van der Waals surface area contributed by atoms with Crippen molar-refractivity contribution < 1.29 is 45.6 Å². The van der Waals surface area contributed by atoms with Crippen LogP contribution < -0.4 is 0 Å². The Labute approximate surface area is 172 Å². The van der Waals surface area contributed by atoms with Crippen molar-refractivity contribution in [2.24, 2.45) is 5.41 Å². The summed E-state index contributed by atoms with van der Waals surface area (Å²) >= 11 is 0. The number of aliphatic hydroxyl groups is 8. The fraction of sp³-hybridized carbons (Fsp3) is 1.00. The average Bonchev–Trinajstić information content (AvgIpc) is 2.92.